The lowest BCUT2D eigenvalue weighted by atomic mass is 9.91. The summed E-state index contributed by atoms with van der Waals surface area (Å²) in [6.07, 6.45) is -0.397. The predicted octanol–water partition coefficient (Wildman–Crippen LogP) is 13.6. The Morgan fingerprint density at radius 3 is 2.05 bits per heavy atom. The van der Waals surface area contributed by atoms with Crippen molar-refractivity contribution in [3.63, 3.8) is 0 Å². The first kappa shape index (κ1) is 31.3. The molecular weight excluding hydrogens is 703 g/mol. The molecule has 5 heteroatoms. The van der Waals surface area contributed by atoms with E-state index in [0.717, 1.165) is 55.6 Å². The van der Waals surface area contributed by atoms with E-state index in [1.807, 2.05) is 29.5 Å². The molecule has 1 atom stereocenters. The molecule has 1 N–H and O–H groups in total. The summed E-state index contributed by atoms with van der Waals surface area (Å²) in [5.74, 6) is 1.51. The molecule has 1 unspecified atom stereocenters. The van der Waals surface area contributed by atoms with Gasteiger partial charge >= 0.3 is 0 Å². The van der Waals surface area contributed by atoms with Crippen LogP contribution in [0.25, 0.3) is 85.6 Å². The van der Waals surface area contributed by atoms with Crippen molar-refractivity contribution in [1.29, 1.82) is 0 Å². The SMILES string of the molecule is c1ccc2c(c1)cc(C1N=C(c3ccc(-c4cccc5oc6ccccc6c45)cc3)N=C(c3cccc4c3sc3ccccc34)N1)c1c3ccccc3ccc21. The van der Waals surface area contributed by atoms with Gasteiger partial charge in [0.15, 0.2) is 5.84 Å². The zero-order chi connectivity index (χ0) is 36.7. The van der Waals surface area contributed by atoms with E-state index in [1.54, 1.807) is 0 Å². The topological polar surface area (TPSA) is 49.9 Å². The van der Waals surface area contributed by atoms with Crippen LogP contribution in [-0.4, -0.2) is 11.7 Å². The van der Waals surface area contributed by atoms with Gasteiger partial charge in [-0.25, -0.2) is 9.98 Å². The molecule has 0 amide bonds. The van der Waals surface area contributed by atoms with Crippen LogP contribution < -0.4 is 5.32 Å². The summed E-state index contributed by atoms with van der Waals surface area (Å²) in [7, 11) is 0. The van der Waals surface area contributed by atoms with E-state index >= 15 is 0 Å². The fourth-order valence-electron chi connectivity index (χ4n) is 8.75. The fraction of sp³-hybridized carbons (Fsp3) is 0.0196. The van der Waals surface area contributed by atoms with Gasteiger partial charge in [0.25, 0.3) is 0 Å². The molecule has 1 aliphatic rings. The molecule has 2 aromatic heterocycles. The number of hydrogen-bond donors (Lipinski definition) is 1. The van der Waals surface area contributed by atoms with E-state index in [2.05, 4.69) is 163 Å². The molecule has 0 saturated heterocycles. The van der Waals surface area contributed by atoms with Crippen molar-refractivity contribution >= 4 is 97.4 Å². The van der Waals surface area contributed by atoms with Crippen LogP contribution in [0.1, 0.15) is 22.9 Å². The van der Waals surface area contributed by atoms with E-state index < -0.39 is 6.17 Å². The third kappa shape index (κ3) is 4.78. The van der Waals surface area contributed by atoms with Crippen molar-refractivity contribution in [2.45, 2.75) is 6.17 Å². The number of thiophene rings is 1. The van der Waals surface area contributed by atoms with Crippen LogP contribution in [0.2, 0.25) is 0 Å². The zero-order valence-electron chi connectivity index (χ0n) is 30.0. The molecule has 56 heavy (non-hydrogen) atoms. The number of benzene rings is 9. The van der Waals surface area contributed by atoms with Crippen molar-refractivity contribution in [2.24, 2.45) is 9.98 Å². The maximum atomic E-state index is 6.23. The molecule has 12 rings (SSSR count). The number of furan rings is 1. The first-order chi connectivity index (χ1) is 27.7. The Kier molecular flexibility index (Phi) is 6.83. The Morgan fingerprint density at radius 2 is 1.16 bits per heavy atom. The highest BCUT2D eigenvalue weighted by Crippen LogP contribution is 2.41. The summed E-state index contributed by atoms with van der Waals surface area (Å²) in [6.45, 7) is 0. The van der Waals surface area contributed by atoms with Crippen LogP contribution in [-0.2, 0) is 0 Å². The van der Waals surface area contributed by atoms with Gasteiger partial charge in [-0.2, -0.15) is 0 Å². The number of aliphatic imine (C=N–C) groups is 2. The van der Waals surface area contributed by atoms with Crippen molar-refractivity contribution in [3.05, 3.63) is 193 Å². The second-order valence-corrected chi connectivity index (χ2v) is 15.5. The normalized spacial score (nSPS) is 14.6. The van der Waals surface area contributed by atoms with Gasteiger partial charge in [0, 0.05) is 47.6 Å². The third-order valence-corrected chi connectivity index (χ3v) is 12.6. The van der Waals surface area contributed by atoms with E-state index in [0.29, 0.717) is 5.84 Å². The van der Waals surface area contributed by atoms with Crippen molar-refractivity contribution < 1.29 is 4.42 Å². The van der Waals surface area contributed by atoms with Crippen LogP contribution >= 0.6 is 11.3 Å². The smallest absolute Gasteiger partial charge is 0.159 e. The second kappa shape index (κ2) is 12.2. The number of amidine groups is 2. The number of nitrogens with one attached hydrogen (secondary N) is 1. The van der Waals surface area contributed by atoms with Crippen molar-refractivity contribution in [3.8, 4) is 11.1 Å². The van der Waals surface area contributed by atoms with Gasteiger partial charge in [-0.15, -0.1) is 11.3 Å². The van der Waals surface area contributed by atoms with Gasteiger partial charge < -0.3 is 9.73 Å². The summed E-state index contributed by atoms with van der Waals surface area (Å²) in [5, 5.41) is 15.9. The molecule has 0 bridgehead atoms. The highest BCUT2D eigenvalue weighted by atomic mass is 32.1. The van der Waals surface area contributed by atoms with Crippen LogP contribution in [0.5, 0.6) is 0 Å². The lowest BCUT2D eigenvalue weighted by Gasteiger charge is -2.26. The summed E-state index contributed by atoms with van der Waals surface area (Å²) >= 11 is 1.82. The minimum absolute atomic E-state index is 0.397. The molecule has 0 aliphatic carbocycles. The maximum absolute atomic E-state index is 6.23. The molecule has 1 aliphatic heterocycles. The summed E-state index contributed by atoms with van der Waals surface area (Å²) in [5.41, 5.74) is 7.19. The average molecular weight is 734 g/mol. The number of fused-ring (bicyclic) bond motifs is 11. The zero-order valence-corrected chi connectivity index (χ0v) is 30.8. The number of nitrogens with zero attached hydrogens (tertiary/aromatic N) is 2. The van der Waals surface area contributed by atoms with Gasteiger partial charge in [-0.3, -0.25) is 0 Å². The molecule has 11 aromatic rings. The molecule has 0 fully saturated rings. The van der Waals surface area contributed by atoms with Crippen LogP contribution in [0, 0.1) is 0 Å². The van der Waals surface area contributed by atoms with Gasteiger partial charge in [0.1, 0.15) is 23.2 Å². The third-order valence-electron chi connectivity index (χ3n) is 11.3. The molecular formula is C51H31N3OS. The Hall–Kier alpha value is -7.08. The number of hydrogen-bond acceptors (Lipinski definition) is 5. The second-order valence-electron chi connectivity index (χ2n) is 14.5. The standard InChI is InChI=1S/C51H31N3OS/c1-4-14-35-30(11-1)27-28-38-34-13-3-2-12-33(34)29-42(46(35)38)51-53-49(52-50(54-51)41-19-9-18-39-37-15-6-8-22-45(37)56-48(39)41)32-25-23-31(24-26-32)36-17-10-21-44-47(36)40-16-5-7-20-43(40)55-44/h1-29,51H,(H,52,53,54). The molecule has 9 aromatic carbocycles. The first-order valence-electron chi connectivity index (χ1n) is 18.9. The first-order valence-corrected chi connectivity index (χ1v) is 19.7. The number of rotatable bonds is 4. The average Bonchev–Trinajstić information content (AvgIpc) is 3.85. The largest absolute Gasteiger partial charge is 0.456 e. The minimum atomic E-state index is -0.397. The molecule has 262 valence electrons. The highest BCUT2D eigenvalue weighted by molar-refractivity contribution is 7.26. The van der Waals surface area contributed by atoms with E-state index in [4.69, 9.17) is 14.4 Å². The Labute approximate surface area is 325 Å². The monoisotopic (exact) mass is 733 g/mol. The maximum Gasteiger partial charge on any atom is 0.159 e. The lowest BCUT2D eigenvalue weighted by molar-refractivity contribution is 0.669. The van der Waals surface area contributed by atoms with Gasteiger partial charge in [-0.05, 0) is 73.8 Å². The molecule has 4 nitrogen and oxygen atoms in total. The van der Waals surface area contributed by atoms with Gasteiger partial charge in [-0.1, -0.05) is 146 Å². The lowest BCUT2D eigenvalue weighted by Crippen LogP contribution is -2.33. The molecule has 3 heterocycles. The van der Waals surface area contributed by atoms with Crippen LogP contribution in [0.3, 0.4) is 0 Å². The summed E-state index contributed by atoms with van der Waals surface area (Å²) < 4.78 is 8.71. The molecule has 0 spiro atoms. The highest BCUT2D eigenvalue weighted by Gasteiger charge is 2.26. The summed E-state index contributed by atoms with van der Waals surface area (Å²) in [6, 6.07) is 62.6. The van der Waals surface area contributed by atoms with E-state index in [1.165, 1.54) is 52.5 Å². The Bertz CT molecular complexity index is 3460. The van der Waals surface area contributed by atoms with Crippen molar-refractivity contribution in [1.82, 2.24) is 5.32 Å². The predicted molar refractivity (Wildman–Crippen MR) is 236 cm³/mol. The van der Waals surface area contributed by atoms with Crippen molar-refractivity contribution in [2.75, 3.05) is 0 Å². The number of para-hydroxylation sites is 1. The quantitative estimate of drug-likeness (QED) is 0.183. The fourth-order valence-corrected chi connectivity index (χ4v) is 9.97. The Balaban J connectivity index is 1.07. The van der Waals surface area contributed by atoms with E-state index in [-0.39, 0.29) is 0 Å². The molecule has 0 radical (unpaired) electrons. The van der Waals surface area contributed by atoms with E-state index in [9.17, 15) is 0 Å². The van der Waals surface area contributed by atoms with Gasteiger partial charge in [0.05, 0.1) is 0 Å². The molecule has 0 saturated carbocycles. The Morgan fingerprint density at radius 1 is 0.482 bits per heavy atom. The van der Waals surface area contributed by atoms with Crippen LogP contribution in [0.15, 0.2) is 190 Å². The van der Waals surface area contributed by atoms with Crippen LogP contribution in [0.4, 0.5) is 0 Å². The summed E-state index contributed by atoms with van der Waals surface area (Å²) in [4.78, 5) is 10.8. The minimum Gasteiger partial charge on any atom is -0.456 e. The van der Waals surface area contributed by atoms with Gasteiger partial charge in [0.2, 0.25) is 0 Å².